The molecule has 4 heteroatoms. The van der Waals surface area contributed by atoms with Crippen LogP contribution in [0.15, 0.2) is 39.5 Å². The van der Waals surface area contributed by atoms with E-state index >= 15 is 0 Å². The highest BCUT2D eigenvalue weighted by Crippen LogP contribution is 2.33. The van der Waals surface area contributed by atoms with Gasteiger partial charge in [-0.3, -0.25) is 0 Å². The van der Waals surface area contributed by atoms with E-state index < -0.39 is 0 Å². The molecule has 2 heterocycles. The molecule has 19 heavy (non-hydrogen) atoms. The Balaban J connectivity index is 1.64. The van der Waals surface area contributed by atoms with E-state index in [9.17, 15) is 0 Å². The van der Waals surface area contributed by atoms with Crippen LogP contribution in [0.25, 0.3) is 0 Å². The second kappa shape index (κ2) is 6.07. The van der Waals surface area contributed by atoms with Crippen molar-refractivity contribution >= 4 is 27.3 Å². The smallest absolute Gasteiger partial charge is 0.124 e. The average Bonchev–Trinajstić information content (AvgIpc) is 2.92. The summed E-state index contributed by atoms with van der Waals surface area (Å²) in [5.74, 6) is 1.02. The maximum Gasteiger partial charge on any atom is 0.124 e. The van der Waals surface area contributed by atoms with Gasteiger partial charge in [0.15, 0.2) is 0 Å². The molecule has 1 N–H and O–H groups in total. The predicted molar refractivity (Wildman–Crippen MR) is 83.0 cm³/mol. The molecule has 1 aliphatic rings. The average molecular weight is 338 g/mol. The summed E-state index contributed by atoms with van der Waals surface area (Å²) < 4.78 is 6.81. The molecule has 1 unspecified atom stereocenters. The Morgan fingerprint density at radius 2 is 2.32 bits per heavy atom. The van der Waals surface area contributed by atoms with E-state index in [4.69, 9.17) is 4.74 Å². The number of thiophene rings is 1. The van der Waals surface area contributed by atoms with Crippen molar-refractivity contribution < 1.29 is 4.74 Å². The number of ether oxygens (including phenoxy) is 1. The fourth-order valence-corrected chi connectivity index (χ4v) is 3.48. The molecule has 0 radical (unpaired) electrons. The number of halogens is 1. The Morgan fingerprint density at radius 1 is 1.37 bits per heavy atom. The lowest BCUT2D eigenvalue weighted by molar-refractivity contribution is 0.253. The third kappa shape index (κ3) is 3.19. The predicted octanol–water partition coefficient (Wildman–Crippen LogP) is 4.17. The van der Waals surface area contributed by atoms with Crippen molar-refractivity contribution in [1.29, 1.82) is 0 Å². The van der Waals surface area contributed by atoms with Crippen LogP contribution in [-0.2, 0) is 6.42 Å². The Morgan fingerprint density at radius 3 is 3.16 bits per heavy atom. The molecule has 0 aliphatic carbocycles. The summed E-state index contributed by atoms with van der Waals surface area (Å²) in [5, 5.41) is 8.00. The van der Waals surface area contributed by atoms with Gasteiger partial charge in [-0.2, -0.15) is 11.3 Å². The minimum Gasteiger partial charge on any atom is -0.493 e. The van der Waals surface area contributed by atoms with Gasteiger partial charge in [0.1, 0.15) is 5.75 Å². The highest BCUT2D eigenvalue weighted by atomic mass is 79.9. The van der Waals surface area contributed by atoms with E-state index in [2.05, 4.69) is 44.1 Å². The van der Waals surface area contributed by atoms with Crippen LogP contribution in [-0.4, -0.2) is 13.2 Å². The van der Waals surface area contributed by atoms with Gasteiger partial charge in [-0.25, -0.2) is 0 Å². The van der Waals surface area contributed by atoms with Gasteiger partial charge in [-0.1, -0.05) is 15.9 Å². The molecular formula is C15H16BrNOS. The highest BCUT2D eigenvalue weighted by Gasteiger charge is 2.20. The topological polar surface area (TPSA) is 21.3 Å². The molecule has 2 aromatic rings. The molecule has 1 aliphatic heterocycles. The molecule has 1 aromatic carbocycles. The summed E-state index contributed by atoms with van der Waals surface area (Å²) in [4.78, 5) is 0. The minimum absolute atomic E-state index is 0.403. The van der Waals surface area contributed by atoms with E-state index in [-0.39, 0.29) is 0 Å². The van der Waals surface area contributed by atoms with Gasteiger partial charge in [0, 0.05) is 22.5 Å². The lowest BCUT2D eigenvalue weighted by atomic mass is 10.0. The van der Waals surface area contributed by atoms with Crippen LogP contribution in [0, 0.1) is 0 Å². The summed E-state index contributed by atoms with van der Waals surface area (Å²) in [7, 11) is 0. The summed E-state index contributed by atoms with van der Waals surface area (Å²) in [6.45, 7) is 1.80. The first kappa shape index (κ1) is 13.2. The summed E-state index contributed by atoms with van der Waals surface area (Å²) in [6.07, 6.45) is 2.12. The molecule has 0 fully saturated rings. The van der Waals surface area contributed by atoms with E-state index in [0.717, 1.165) is 36.2 Å². The molecule has 0 saturated heterocycles. The first-order chi connectivity index (χ1) is 9.33. The summed E-state index contributed by atoms with van der Waals surface area (Å²) in [6, 6.07) is 8.84. The third-order valence-corrected chi connectivity index (χ3v) is 4.62. The molecule has 0 bridgehead atoms. The zero-order chi connectivity index (χ0) is 13.1. The van der Waals surface area contributed by atoms with Crippen molar-refractivity contribution in [2.75, 3.05) is 13.2 Å². The standard InChI is InChI=1S/C15H16BrNOS/c16-12-1-2-15-13(9-12)14(4-7-18-15)17-6-3-11-5-8-19-10-11/h1-2,5,8-10,14,17H,3-4,6-7H2. The molecule has 0 saturated carbocycles. The molecule has 0 amide bonds. The number of nitrogens with one attached hydrogen (secondary N) is 1. The van der Waals surface area contributed by atoms with Gasteiger partial charge in [0.05, 0.1) is 6.61 Å². The fraction of sp³-hybridized carbons (Fsp3) is 0.333. The maximum absolute atomic E-state index is 5.70. The van der Waals surface area contributed by atoms with Crippen LogP contribution in [0.3, 0.4) is 0 Å². The van der Waals surface area contributed by atoms with Gasteiger partial charge >= 0.3 is 0 Å². The van der Waals surface area contributed by atoms with Gasteiger partial charge in [0.25, 0.3) is 0 Å². The lowest BCUT2D eigenvalue weighted by Crippen LogP contribution is -2.28. The molecule has 3 rings (SSSR count). The second-order valence-electron chi connectivity index (χ2n) is 4.71. The maximum atomic E-state index is 5.70. The monoisotopic (exact) mass is 337 g/mol. The van der Waals surface area contributed by atoms with Crippen molar-refractivity contribution in [1.82, 2.24) is 5.32 Å². The Bertz CT molecular complexity index is 541. The van der Waals surface area contributed by atoms with Gasteiger partial charge in [0.2, 0.25) is 0 Å². The molecule has 2 nitrogen and oxygen atoms in total. The van der Waals surface area contributed by atoms with Crippen molar-refractivity contribution in [3.8, 4) is 5.75 Å². The van der Waals surface area contributed by atoms with Crippen LogP contribution >= 0.6 is 27.3 Å². The van der Waals surface area contributed by atoms with E-state index in [1.54, 1.807) is 11.3 Å². The van der Waals surface area contributed by atoms with Gasteiger partial charge in [-0.15, -0.1) is 0 Å². The minimum atomic E-state index is 0.403. The van der Waals surface area contributed by atoms with Crippen molar-refractivity contribution in [3.05, 3.63) is 50.6 Å². The first-order valence-electron chi connectivity index (χ1n) is 6.49. The molecule has 0 spiro atoms. The van der Waals surface area contributed by atoms with Gasteiger partial charge < -0.3 is 10.1 Å². The number of hydrogen-bond acceptors (Lipinski definition) is 3. The fourth-order valence-electron chi connectivity index (χ4n) is 2.40. The van der Waals surface area contributed by atoms with E-state index in [1.807, 2.05) is 12.1 Å². The van der Waals surface area contributed by atoms with Crippen LogP contribution in [0.2, 0.25) is 0 Å². The Kier molecular flexibility index (Phi) is 4.21. The van der Waals surface area contributed by atoms with E-state index in [1.165, 1.54) is 11.1 Å². The van der Waals surface area contributed by atoms with Gasteiger partial charge in [-0.05, 0) is 53.6 Å². The quantitative estimate of drug-likeness (QED) is 0.904. The van der Waals surface area contributed by atoms with Crippen LogP contribution < -0.4 is 10.1 Å². The molecular weight excluding hydrogens is 322 g/mol. The van der Waals surface area contributed by atoms with Crippen molar-refractivity contribution in [3.63, 3.8) is 0 Å². The Labute approximate surface area is 125 Å². The third-order valence-electron chi connectivity index (χ3n) is 3.40. The number of benzene rings is 1. The lowest BCUT2D eigenvalue weighted by Gasteiger charge is -2.27. The van der Waals surface area contributed by atoms with Crippen LogP contribution in [0.1, 0.15) is 23.6 Å². The second-order valence-corrected chi connectivity index (χ2v) is 6.40. The zero-order valence-corrected chi connectivity index (χ0v) is 13.0. The summed E-state index contributed by atoms with van der Waals surface area (Å²) in [5.41, 5.74) is 2.69. The number of fused-ring (bicyclic) bond motifs is 1. The number of rotatable bonds is 4. The normalized spacial score (nSPS) is 17.8. The largest absolute Gasteiger partial charge is 0.493 e. The Hall–Kier alpha value is -0.840. The number of hydrogen-bond donors (Lipinski definition) is 1. The van der Waals surface area contributed by atoms with Crippen LogP contribution in [0.5, 0.6) is 5.75 Å². The molecule has 100 valence electrons. The van der Waals surface area contributed by atoms with E-state index in [0.29, 0.717) is 6.04 Å². The SMILES string of the molecule is Brc1ccc2c(c1)C(NCCc1ccsc1)CCO2. The molecule has 1 aromatic heterocycles. The van der Waals surface area contributed by atoms with Crippen LogP contribution in [0.4, 0.5) is 0 Å². The molecule has 1 atom stereocenters. The van der Waals surface area contributed by atoms with Crippen molar-refractivity contribution in [2.24, 2.45) is 0 Å². The summed E-state index contributed by atoms with van der Waals surface area (Å²) >= 11 is 5.30. The highest BCUT2D eigenvalue weighted by molar-refractivity contribution is 9.10. The zero-order valence-electron chi connectivity index (χ0n) is 10.6. The van der Waals surface area contributed by atoms with Crippen molar-refractivity contribution in [2.45, 2.75) is 18.9 Å². The first-order valence-corrected chi connectivity index (χ1v) is 8.23.